The summed E-state index contributed by atoms with van der Waals surface area (Å²) in [6, 6.07) is 8.23. The summed E-state index contributed by atoms with van der Waals surface area (Å²) in [5.41, 5.74) is 6.52. The summed E-state index contributed by atoms with van der Waals surface area (Å²) < 4.78 is 52.8. The molecule has 0 saturated carbocycles. The van der Waals surface area contributed by atoms with E-state index >= 15 is 0 Å². The third kappa shape index (κ3) is 2.82. The lowest BCUT2D eigenvalue weighted by molar-refractivity contribution is 0.485. The molecule has 0 saturated heterocycles. The summed E-state index contributed by atoms with van der Waals surface area (Å²) in [4.78, 5) is -0.789. The maximum Gasteiger partial charge on any atom is 0.267 e. The van der Waals surface area contributed by atoms with Gasteiger partial charge in [-0.1, -0.05) is 17.7 Å². The van der Waals surface area contributed by atoms with Gasteiger partial charge in [-0.3, -0.25) is 4.31 Å². The number of halogens is 2. The Morgan fingerprint density at radius 2 is 1.67 bits per heavy atom. The first-order valence-corrected chi connectivity index (χ1v) is 7.47. The Kier molecular flexibility index (Phi) is 3.87. The lowest BCUT2D eigenvalue weighted by atomic mass is 10.2. The van der Waals surface area contributed by atoms with E-state index in [-0.39, 0.29) is 5.69 Å². The number of aryl methyl sites for hydroxylation is 1. The summed E-state index contributed by atoms with van der Waals surface area (Å²) >= 11 is 0. The lowest BCUT2D eigenvalue weighted by Gasteiger charge is -2.20. The average Bonchev–Trinajstić information content (AvgIpc) is 2.42. The van der Waals surface area contributed by atoms with Gasteiger partial charge in [-0.15, -0.1) is 0 Å². The van der Waals surface area contributed by atoms with Crippen molar-refractivity contribution in [2.75, 3.05) is 17.1 Å². The summed E-state index contributed by atoms with van der Waals surface area (Å²) in [5.74, 6) is -2.74. The van der Waals surface area contributed by atoms with Crippen LogP contribution in [0, 0.1) is 18.6 Å². The fourth-order valence-electron chi connectivity index (χ4n) is 1.81. The van der Waals surface area contributed by atoms with Crippen molar-refractivity contribution >= 4 is 21.4 Å². The minimum Gasteiger partial charge on any atom is -0.399 e. The van der Waals surface area contributed by atoms with Crippen LogP contribution in [0.15, 0.2) is 41.3 Å². The van der Waals surface area contributed by atoms with E-state index in [1.54, 1.807) is 24.3 Å². The third-order valence-electron chi connectivity index (χ3n) is 3.05. The highest BCUT2D eigenvalue weighted by atomic mass is 32.2. The molecule has 2 rings (SSSR count). The molecule has 0 spiro atoms. The second-order valence-electron chi connectivity index (χ2n) is 4.62. The van der Waals surface area contributed by atoms with Crippen molar-refractivity contribution in [3.63, 3.8) is 0 Å². The van der Waals surface area contributed by atoms with E-state index in [1.807, 2.05) is 6.92 Å². The second kappa shape index (κ2) is 5.33. The standard InChI is InChI=1S/C14H14F2N2O2S/c1-9-3-5-11(6-4-9)18(2)21(19,20)13-8-10(17)7-12(15)14(13)16/h3-8H,17H2,1-2H3. The van der Waals surface area contributed by atoms with Crippen LogP contribution >= 0.6 is 0 Å². The van der Waals surface area contributed by atoms with Crippen LogP contribution < -0.4 is 10.0 Å². The van der Waals surface area contributed by atoms with Gasteiger partial charge in [-0.2, -0.15) is 0 Å². The summed E-state index contributed by atoms with van der Waals surface area (Å²) in [7, 11) is -2.98. The number of sulfonamides is 1. The second-order valence-corrected chi connectivity index (χ2v) is 6.56. The molecule has 0 heterocycles. The van der Waals surface area contributed by atoms with Gasteiger partial charge in [0.2, 0.25) is 0 Å². The van der Waals surface area contributed by atoms with Crippen LogP contribution in [0.1, 0.15) is 5.56 Å². The number of anilines is 2. The van der Waals surface area contributed by atoms with Crippen molar-refractivity contribution in [1.82, 2.24) is 0 Å². The lowest BCUT2D eigenvalue weighted by Crippen LogP contribution is -2.27. The van der Waals surface area contributed by atoms with E-state index < -0.39 is 26.6 Å². The van der Waals surface area contributed by atoms with Crippen LogP contribution in [0.3, 0.4) is 0 Å². The molecule has 0 aliphatic heterocycles. The van der Waals surface area contributed by atoms with Crippen LogP contribution in [0.25, 0.3) is 0 Å². The number of hydrogen-bond acceptors (Lipinski definition) is 3. The summed E-state index contributed by atoms with van der Waals surface area (Å²) in [6.45, 7) is 1.85. The molecule has 0 bridgehead atoms. The highest BCUT2D eigenvalue weighted by molar-refractivity contribution is 7.92. The maximum atomic E-state index is 13.8. The smallest absolute Gasteiger partial charge is 0.267 e. The molecule has 112 valence electrons. The molecule has 2 N–H and O–H groups in total. The van der Waals surface area contributed by atoms with Gasteiger partial charge in [-0.25, -0.2) is 17.2 Å². The number of nitrogen functional groups attached to an aromatic ring is 1. The Morgan fingerprint density at radius 3 is 2.24 bits per heavy atom. The molecular weight excluding hydrogens is 298 g/mol. The molecule has 0 aromatic heterocycles. The number of nitrogens with two attached hydrogens (primary N) is 1. The summed E-state index contributed by atoms with van der Waals surface area (Å²) in [6.07, 6.45) is 0. The van der Waals surface area contributed by atoms with Gasteiger partial charge in [0.25, 0.3) is 10.0 Å². The minimum absolute atomic E-state index is 0.162. The highest BCUT2D eigenvalue weighted by Crippen LogP contribution is 2.27. The van der Waals surface area contributed by atoms with Gasteiger partial charge >= 0.3 is 0 Å². The van der Waals surface area contributed by atoms with Gasteiger partial charge in [0.1, 0.15) is 4.90 Å². The van der Waals surface area contributed by atoms with Crippen molar-refractivity contribution in [3.8, 4) is 0 Å². The molecule has 0 aliphatic carbocycles. The monoisotopic (exact) mass is 312 g/mol. The molecule has 21 heavy (non-hydrogen) atoms. The first-order valence-electron chi connectivity index (χ1n) is 6.03. The molecule has 4 nitrogen and oxygen atoms in total. The number of nitrogens with zero attached hydrogens (tertiary/aromatic N) is 1. The molecule has 7 heteroatoms. The maximum absolute atomic E-state index is 13.8. The quantitative estimate of drug-likeness (QED) is 0.886. The van der Waals surface area contributed by atoms with E-state index in [1.165, 1.54) is 7.05 Å². The third-order valence-corrected chi connectivity index (χ3v) is 4.84. The SMILES string of the molecule is Cc1ccc(N(C)S(=O)(=O)c2cc(N)cc(F)c2F)cc1. The van der Waals surface area contributed by atoms with Crippen molar-refractivity contribution in [2.24, 2.45) is 0 Å². The zero-order valence-corrected chi connectivity index (χ0v) is 12.3. The molecule has 0 unspecified atom stereocenters. The Bertz CT molecular complexity index is 774. The zero-order chi connectivity index (χ0) is 15.8. The molecule has 2 aromatic rings. The minimum atomic E-state index is -4.24. The van der Waals surface area contributed by atoms with Crippen LogP contribution in [0.4, 0.5) is 20.2 Å². The van der Waals surface area contributed by atoms with Gasteiger partial charge < -0.3 is 5.73 Å². The van der Waals surface area contributed by atoms with Gasteiger partial charge in [0.15, 0.2) is 11.6 Å². The normalized spacial score (nSPS) is 11.4. The van der Waals surface area contributed by atoms with E-state index in [0.717, 1.165) is 22.0 Å². The van der Waals surface area contributed by atoms with Crippen LogP contribution in [-0.2, 0) is 10.0 Å². The largest absolute Gasteiger partial charge is 0.399 e. The number of benzene rings is 2. The summed E-state index contributed by atoms with van der Waals surface area (Å²) in [5, 5.41) is 0. The number of hydrogen-bond donors (Lipinski definition) is 1. The van der Waals surface area contributed by atoms with Crippen LogP contribution in [-0.4, -0.2) is 15.5 Å². The molecule has 0 atom stereocenters. The van der Waals surface area contributed by atoms with Gasteiger partial charge in [-0.05, 0) is 31.2 Å². The van der Waals surface area contributed by atoms with Crippen molar-refractivity contribution in [3.05, 3.63) is 53.6 Å². The molecular formula is C14H14F2N2O2S. The first kappa shape index (κ1) is 15.2. The average molecular weight is 312 g/mol. The van der Waals surface area contributed by atoms with Crippen LogP contribution in [0.5, 0.6) is 0 Å². The zero-order valence-electron chi connectivity index (χ0n) is 11.5. The fourth-order valence-corrected chi connectivity index (χ4v) is 3.12. The molecule has 0 aliphatic rings. The first-order chi connectivity index (χ1) is 9.73. The topological polar surface area (TPSA) is 63.4 Å². The predicted octanol–water partition coefficient (Wildman–Crippen LogP) is 2.68. The molecule has 0 amide bonds. The van der Waals surface area contributed by atoms with Gasteiger partial charge in [0.05, 0.1) is 5.69 Å². The van der Waals surface area contributed by atoms with Gasteiger partial charge in [0, 0.05) is 12.7 Å². The van der Waals surface area contributed by atoms with Crippen molar-refractivity contribution < 1.29 is 17.2 Å². The predicted molar refractivity (Wildman–Crippen MR) is 77.5 cm³/mol. The van der Waals surface area contributed by atoms with Crippen LogP contribution in [0.2, 0.25) is 0 Å². The Labute approximate surface area is 121 Å². The van der Waals surface area contributed by atoms with E-state index in [4.69, 9.17) is 5.73 Å². The Hall–Kier alpha value is -2.15. The van der Waals surface area contributed by atoms with E-state index in [9.17, 15) is 17.2 Å². The number of rotatable bonds is 3. The Balaban J connectivity index is 2.54. The molecule has 0 fully saturated rings. The molecule has 2 aromatic carbocycles. The van der Waals surface area contributed by atoms with Crippen molar-refractivity contribution in [2.45, 2.75) is 11.8 Å². The fraction of sp³-hybridized carbons (Fsp3) is 0.143. The van der Waals surface area contributed by atoms with E-state index in [0.29, 0.717) is 5.69 Å². The Morgan fingerprint density at radius 1 is 1.10 bits per heavy atom. The van der Waals surface area contributed by atoms with E-state index in [2.05, 4.69) is 0 Å². The molecule has 0 radical (unpaired) electrons. The highest BCUT2D eigenvalue weighted by Gasteiger charge is 2.27. The van der Waals surface area contributed by atoms with Crippen molar-refractivity contribution in [1.29, 1.82) is 0 Å².